The molecule has 2 heterocycles. The highest BCUT2D eigenvalue weighted by Gasteiger charge is 2.22. The van der Waals surface area contributed by atoms with Crippen molar-refractivity contribution in [1.82, 2.24) is 15.5 Å². The third-order valence-electron chi connectivity index (χ3n) is 3.41. The molecule has 1 fully saturated rings. The maximum atomic E-state index is 5.34. The highest BCUT2D eigenvalue weighted by molar-refractivity contribution is 5.85. The maximum Gasteiger partial charge on any atom is 0.231 e. The minimum Gasteiger partial charge on any atom is -0.497 e. The monoisotopic (exact) mass is 295 g/mol. The van der Waals surface area contributed by atoms with Crippen LogP contribution in [-0.2, 0) is 6.42 Å². The molecule has 108 valence electrons. The van der Waals surface area contributed by atoms with E-state index >= 15 is 0 Å². The Kier molecular flexibility index (Phi) is 4.98. The van der Waals surface area contributed by atoms with Crippen LogP contribution >= 0.6 is 12.4 Å². The molecule has 3 rings (SSSR count). The van der Waals surface area contributed by atoms with E-state index in [0.29, 0.717) is 12.3 Å². The summed E-state index contributed by atoms with van der Waals surface area (Å²) in [5.74, 6) is 2.73. The second-order valence-electron chi connectivity index (χ2n) is 4.76. The van der Waals surface area contributed by atoms with Crippen molar-refractivity contribution in [3.63, 3.8) is 0 Å². The van der Waals surface area contributed by atoms with Crippen molar-refractivity contribution in [3.8, 4) is 5.75 Å². The summed E-state index contributed by atoms with van der Waals surface area (Å²) in [6.07, 6.45) is 1.76. The SMILES string of the molecule is COc1ccc(Cc2noc([C@@H]3CCNC3)n2)cc1.Cl. The van der Waals surface area contributed by atoms with Crippen molar-refractivity contribution < 1.29 is 9.26 Å². The van der Waals surface area contributed by atoms with E-state index in [1.54, 1.807) is 7.11 Å². The van der Waals surface area contributed by atoms with Crippen LogP contribution in [0, 0.1) is 0 Å². The molecule has 1 aromatic heterocycles. The molecule has 5 nitrogen and oxygen atoms in total. The molecule has 1 aliphatic rings. The van der Waals surface area contributed by atoms with Crippen LogP contribution in [0.15, 0.2) is 28.8 Å². The first-order valence-electron chi connectivity index (χ1n) is 6.51. The molecule has 0 radical (unpaired) electrons. The zero-order valence-electron chi connectivity index (χ0n) is 11.3. The normalized spacial score (nSPS) is 17.8. The van der Waals surface area contributed by atoms with E-state index in [9.17, 15) is 0 Å². The van der Waals surface area contributed by atoms with E-state index in [2.05, 4.69) is 15.5 Å². The summed E-state index contributed by atoms with van der Waals surface area (Å²) in [6.45, 7) is 1.96. The van der Waals surface area contributed by atoms with Gasteiger partial charge in [0, 0.05) is 13.0 Å². The Labute approximate surface area is 124 Å². The Hall–Kier alpha value is -1.59. The summed E-state index contributed by atoms with van der Waals surface area (Å²) in [5, 5.41) is 7.35. The molecule has 0 aliphatic carbocycles. The third-order valence-corrected chi connectivity index (χ3v) is 3.41. The van der Waals surface area contributed by atoms with Crippen molar-refractivity contribution in [3.05, 3.63) is 41.5 Å². The minimum absolute atomic E-state index is 0. The number of benzene rings is 1. The Bertz CT molecular complexity index is 536. The highest BCUT2D eigenvalue weighted by atomic mass is 35.5. The third kappa shape index (κ3) is 3.29. The molecule has 1 atom stereocenters. The number of hydrogen-bond donors (Lipinski definition) is 1. The van der Waals surface area contributed by atoms with Gasteiger partial charge in [0.2, 0.25) is 5.89 Å². The minimum atomic E-state index is 0. The molecule has 1 aromatic carbocycles. The summed E-state index contributed by atoms with van der Waals surface area (Å²) in [6, 6.07) is 7.92. The summed E-state index contributed by atoms with van der Waals surface area (Å²) in [5.41, 5.74) is 1.15. The molecule has 6 heteroatoms. The van der Waals surface area contributed by atoms with Crippen LogP contribution in [0.1, 0.15) is 29.6 Å². The van der Waals surface area contributed by atoms with Gasteiger partial charge in [-0.15, -0.1) is 12.4 Å². The van der Waals surface area contributed by atoms with Crippen molar-refractivity contribution in [2.45, 2.75) is 18.8 Å². The van der Waals surface area contributed by atoms with Crippen LogP contribution < -0.4 is 10.1 Å². The van der Waals surface area contributed by atoms with Crippen molar-refractivity contribution in [2.75, 3.05) is 20.2 Å². The molecule has 0 bridgehead atoms. The number of nitrogens with zero attached hydrogens (tertiary/aromatic N) is 2. The number of halogens is 1. The first-order chi connectivity index (χ1) is 9.35. The molecule has 1 aliphatic heterocycles. The second kappa shape index (κ2) is 6.72. The molecular formula is C14H18ClN3O2. The molecule has 0 amide bonds. The predicted octanol–water partition coefficient (Wildman–Crippen LogP) is 2.17. The fourth-order valence-corrected chi connectivity index (χ4v) is 2.30. The van der Waals surface area contributed by atoms with E-state index in [0.717, 1.165) is 42.5 Å². The van der Waals surface area contributed by atoms with Gasteiger partial charge in [0.15, 0.2) is 5.82 Å². The van der Waals surface area contributed by atoms with Gasteiger partial charge in [-0.3, -0.25) is 0 Å². The lowest BCUT2D eigenvalue weighted by molar-refractivity contribution is 0.355. The van der Waals surface area contributed by atoms with Crippen LogP contribution in [0.3, 0.4) is 0 Å². The lowest BCUT2D eigenvalue weighted by Crippen LogP contribution is -2.08. The number of methoxy groups -OCH3 is 1. The first kappa shape index (κ1) is 14.8. The number of aromatic nitrogens is 2. The van der Waals surface area contributed by atoms with E-state index in [4.69, 9.17) is 9.26 Å². The van der Waals surface area contributed by atoms with E-state index in [-0.39, 0.29) is 12.4 Å². The van der Waals surface area contributed by atoms with Gasteiger partial charge in [-0.1, -0.05) is 17.3 Å². The Morgan fingerprint density at radius 2 is 2.15 bits per heavy atom. The Balaban J connectivity index is 0.00000147. The molecule has 1 N–H and O–H groups in total. The van der Waals surface area contributed by atoms with Gasteiger partial charge >= 0.3 is 0 Å². The van der Waals surface area contributed by atoms with Crippen molar-refractivity contribution in [2.24, 2.45) is 0 Å². The second-order valence-corrected chi connectivity index (χ2v) is 4.76. The Morgan fingerprint density at radius 3 is 2.80 bits per heavy atom. The molecule has 2 aromatic rings. The number of rotatable bonds is 4. The lowest BCUT2D eigenvalue weighted by atomic mass is 10.1. The lowest BCUT2D eigenvalue weighted by Gasteiger charge is -2.01. The largest absolute Gasteiger partial charge is 0.497 e. The number of nitrogens with one attached hydrogen (secondary N) is 1. The molecule has 1 saturated heterocycles. The van der Waals surface area contributed by atoms with E-state index < -0.39 is 0 Å². The highest BCUT2D eigenvalue weighted by Crippen LogP contribution is 2.21. The van der Waals surface area contributed by atoms with Crippen LogP contribution in [0.25, 0.3) is 0 Å². The van der Waals surface area contributed by atoms with E-state index in [1.165, 1.54) is 0 Å². The van der Waals surface area contributed by atoms with Gasteiger partial charge < -0.3 is 14.6 Å². The quantitative estimate of drug-likeness (QED) is 0.937. The van der Waals surface area contributed by atoms with E-state index in [1.807, 2.05) is 24.3 Å². The zero-order valence-corrected chi connectivity index (χ0v) is 12.2. The van der Waals surface area contributed by atoms with Gasteiger partial charge in [-0.2, -0.15) is 4.98 Å². The summed E-state index contributed by atoms with van der Waals surface area (Å²) in [7, 11) is 1.66. The molecule has 0 saturated carbocycles. The van der Waals surface area contributed by atoms with Gasteiger partial charge in [0.1, 0.15) is 5.75 Å². The fraction of sp³-hybridized carbons (Fsp3) is 0.429. The first-order valence-corrected chi connectivity index (χ1v) is 6.51. The van der Waals surface area contributed by atoms with Crippen molar-refractivity contribution >= 4 is 12.4 Å². The van der Waals surface area contributed by atoms with Crippen LogP contribution in [0.4, 0.5) is 0 Å². The molecule has 0 spiro atoms. The number of ether oxygens (including phenoxy) is 1. The molecule has 0 unspecified atom stereocenters. The standard InChI is InChI=1S/C14H17N3O2.ClH/c1-18-12-4-2-10(3-5-12)8-13-16-14(19-17-13)11-6-7-15-9-11;/h2-5,11,15H,6-9H2,1H3;1H/t11-;/m1./s1. The predicted molar refractivity (Wildman–Crippen MR) is 77.6 cm³/mol. The van der Waals surface area contributed by atoms with Crippen LogP contribution in [0.5, 0.6) is 5.75 Å². The van der Waals surface area contributed by atoms with Gasteiger partial charge in [0.25, 0.3) is 0 Å². The average Bonchev–Trinajstić information content (AvgIpc) is 3.10. The smallest absolute Gasteiger partial charge is 0.231 e. The van der Waals surface area contributed by atoms with Crippen molar-refractivity contribution in [1.29, 1.82) is 0 Å². The van der Waals surface area contributed by atoms with Crippen LogP contribution in [-0.4, -0.2) is 30.3 Å². The summed E-state index contributed by atoms with van der Waals surface area (Å²) < 4.78 is 10.5. The molecule has 20 heavy (non-hydrogen) atoms. The summed E-state index contributed by atoms with van der Waals surface area (Å²) >= 11 is 0. The molecular weight excluding hydrogens is 278 g/mol. The Morgan fingerprint density at radius 1 is 1.35 bits per heavy atom. The average molecular weight is 296 g/mol. The number of hydrogen-bond acceptors (Lipinski definition) is 5. The van der Waals surface area contributed by atoms with Gasteiger partial charge in [0.05, 0.1) is 13.0 Å². The zero-order chi connectivity index (χ0) is 13.1. The van der Waals surface area contributed by atoms with Gasteiger partial charge in [-0.05, 0) is 30.7 Å². The maximum absolute atomic E-state index is 5.34. The van der Waals surface area contributed by atoms with Gasteiger partial charge in [-0.25, -0.2) is 0 Å². The fourth-order valence-electron chi connectivity index (χ4n) is 2.30. The van der Waals surface area contributed by atoms with Crippen LogP contribution in [0.2, 0.25) is 0 Å². The summed E-state index contributed by atoms with van der Waals surface area (Å²) in [4.78, 5) is 4.48. The topological polar surface area (TPSA) is 60.2 Å².